The minimum absolute atomic E-state index is 0.111. The first-order valence-corrected chi connectivity index (χ1v) is 8.53. The molecule has 27 heavy (non-hydrogen) atoms. The van der Waals surface area contributed by atoms with Gasteiger partial charge in [0.15, 0.2) is 11.4 Å². The van der Waals surface area contributed by atoms with Gasteiger partial charge in [0.2, 0.25) is 0 Å². The van der Waals surface area contributed by atoms with Crippen LogP contribution in [0.1, 0.15) is 27.3 Å². The van der Waals surface area contributed by atoms with Gasteiger partial charge in [0.25, 0.3) is 5.91 Å². The number of aromatic hydroxyl groups is 1. The first-order chi connectivity index (χ1) is 13.0. The average molecular weight is 364 g/mol. The fourth-order valence-electron chi connectivity index (χ4n) is 2.76. The number of pyridine rings is 1. The van der Waals surface area contributed by atoms with Gasteiger partial charge in [-0.05, 0) is 25.5 Å². The summed E-state index contributed by atoms with van der Waals surface area (Å²) in [6, 6.07) is 14.8. The molecule has 1 amide bonds. The van der Waals surface area contributed by atoms with Gasteiger partial charge >= 0.3 is 5.97 Å². The van der Waals surface area contributed by atoms with Crippen molar-refractivity contribution in [3.63, 3.8) is 0 Å². The Morgan fingerprint density at radius 2 is 1.81 bits per heavy atom. The molecule has 0 fully saturated rings. The molecule has 0 atom stereocenters. The second-order valence-corrected chi connectivity index (χ2v) is 6.27. The number of carbonyl (C=O) groups is 2. The van der Waals surface area contributed by atoms with Crippen LogP contribution in [0.3, 0.4) is 0 Å². The van der Waals surface area contributed by atoms with E-state index in [2.05, 4.69) is 10.3 Å². The number of nitrogens with zero attached hydrogens (tertiary/aromatic N) is 1. The van der Waals surface area contributed by atoms with Gasteiger partial charge in [0.05, 0.1) is 0 Å². The molecule has 0 spiro atoms. The number of hydrogen-bond donors (Lipinski definition) is 2. The maximum absolute atomic E-state index is 12.4. The first kappa shape index (κ1) is 18.4. The van der Waals surface area contributed by atoms with Gasteiger partial charge in [-0.2, -0.15) is 0 Å². The fourth-order valence-corrected chi connectivity index (χ4v) is 2.76. The van der Waals surface area contributed by atoms with E-state index in [-0.39, 0.29) is 24.6 Å². The normalized spacial score (nSPS) is 10.6. The standard InChI is InChI=1S/C21H20N2O4/c1-13-8-9-16-17(10-13)14(2)23-19(20(16)25)21(26)22-11-18(24)27-12-15-6-4-3-5-7-15/h3-10,25H,11-12H2,1-2H3,(H,22,26). The third-order valence-electron chi connectivity index (χ3n) is 4.17. The van der Waals surface area contributed by atoms with Crippen molar-refractivity contribution < 1.29 is 19.4 Å². The molecule has 1 heterocycles. The highest BCUT2D eigenvalue weighted by Crippen LogP contribution is 2.29. The third-order valence-corrected chi connectivity index (χ3v) is 4.17. The van der Waals surface area contributed by atoms with Gasteiger partial charge < -0.3 is 15.2 Å². The Balaban J connectivity index is 1.66. The van der Waals surface area contributed by atoms with Gasteiger partial charge in [0.1, 0.15) is 13.2 Å². The largest absolute Gasteiger partial charge is 0.505 e. The second-order valence-electron chi connectivity index (χ2n) is 6.27. The molecular formula is C21H20N2O4. The summed E-state index contributed by atoms with van der Waals surface area (Å²) < 4.78 is 5.12. The molecule has 0 saturated carbocycles. The number of ether oxygens (including phenoxy) is 1. The SMILES string of the molecule is Cc1ccc2c(O)c(C(=O)NCC(=O)OCc3ccccc3)nc(C)c2c1. The Bertz CT molecular complexity index is 1000. The summed E-state index contributed by atoms with van der Waals surface area (Å²) in [4.78, 5) is 28.4. The van der Waals surface area contributed by atoms with Crippen LogP contribution in [0.25, 0.3) is 10.8 Å². The molecular weight excluding hydrogens is 344 g/mol. The molecule has 6 heteroatoms. The highest BCUT2D eigenvalue weighted by Gasteiger charge is 2.18. The van der Waals surface area contributed by atoms with E-state index in [1.807, 2.05) is 49.4 Å². The maximum atomic E-state index is 12.4. The van der Waals surface area contributed by atoms with Crippen molar-refractivity contribution in [3.8, 4) is 5.75 Å². The van der Waals surface area contributed by atoms with Gasteiger partial charge in [-0.25, -0.2) is 4.98 Å². The number of aromatic nitrogens is 1. The van der Waals surface area contributed by atoms with Crippen molar-refractivity contribution in [2.45, 2.75) is 20.5 Å². The second kappa shape index (κ2) is 7.86. The van der Waals surface area contributed by atoms with E-state index >= 15 is 0 Å². The molecule has 3 rings (SSSR count). The number of aryl methyl sites for hydroxylation is 2. The summed E-state index contributed by atoms with van der Waals surface area (Å²) in [6.45, 7) is 3.54. The van der Waals surface area contributed by atoms with Crippen LogP contribution in [0.5, 0.6) is 5.75 Å². The number of esters is 1. The Morgan fingerprint density at radius 3 is 2.56 bits per heavy atom. The quantitative estimate of drug-likeness (QED) is 0.680. The molecule has 0 radical (unpaired) electrons. The number of fused-ring (bicyclic) bond motifs is 1. The fraction of sp³-hybridized carbons (Fsp3) is 0.190. The number of carbonyl (C=O) groups excluding carboxylic acids is 2. The zero-order valence-corrected chi connectivity index (χ0v) is 15.2. The summed E-state index contributed by atoms with van der Waals surface area (Å²) in [5.41, 5.74) is 2.41. The first-order valence-electron chi connectivity index (χ1n) is 8.53. The van der Waals surface area contributed by atoms with Crippen molar-refractivity contribution in [1.82, 2.24) is 10.3 Å². The Morgan fingerprint density at radius 1 is 1.07 bits per heavy atom. The smallest absolute Gasteiger partial charge is 0.325 e. The minimum atomic E-state index is -0.630. The lowest BCUT2D eigenvalue weighted by atomic mass is 10.0. The summed E-state index contributed by atoms with van der Waals surface area (Å²) in [5, 5.41) is 14.2. The van der Waals surface area contributed by atoms with E-state index in [9.17, 15) is 14.7 Å². The molecule has 138 valence electrons. The lowest BCUT2D eigenvalue weighted by molar-refractivity contribution is -0.143. The van der Waals surface area contributed by atoms with Crippen LogP contribution >= 0.6 is 0 Å². The van der Waals surface area contributed by atoms with Crippen molar-refractivity contribution in [1.29, 1.82) is 0 Å². The zero-order chi connectivity index (χ0) is 19.4. The number of benzene rings is 2. The molecule has 0 bridgehead atoms. The van der Waals surface area contributed by atoms with Crippen LogP contribution in [0.2, 0.25) is 0 Å². The summed E-state index contributed by atoms with van der Waals surface area (Å²) in [7, 11) is 0. The maximum Gasteiger partial charge on any atom is 0.325 e. The molecule has 0 saturated heterocycles. The molecule has 2 N–H and O–H groups in total. The molecule has 0 aliphatic heterocycles. The van der Waals surface area contributed by atoms with Gasteiger partial charge in [0, 0.05) is 16.5 Å². The Labute approximate surface area is 156 Å². The summed E-state index contributed by atoms with van der Waals surface area (Å²) >= 11 is 0. The van der Waals surface area contributed by atoms with Crippen molar-refractivity contribution in [2.24, 2.45) is 0 Å². The lowest BCUT2D eigenvalue weighted by Gasteiger charge is -2.11. The highest BCUT2D eigenvalue weighted by atomic mass is 16.5. The topological polar surface area (TPSA) is 88.5 Å². The number of nitrogens with one attached hydrogen (secondary N) is 1. The molecule has 1 aromatic heterocycles. The van der Waals surface area contributed by atoms with Gasteiger partial charge in [-0.15, -0.1) is 0 Å². The molecule has 6 nitrogen and oxygen atoms in total. The summed E-state index contributed by atoms with van der Waals surface area (Å²) in [6.07, 6.45) is 0. The number of hydrogen-bond acceptors (Lipinski definition) is 5. The van der Waals surface area contributed by atoms with E-state index in [0.29, 0.717) is 11.1 Å². The van der Waals surface area contributed by atoms with Gasteiger partial charge in [-0.1, -0.05) is 48.0 Å². The number of rotatable bonds is 5. The molecule has 0 aliphatic rings. The van der Waals surface area contributed by atoms with Crippen molar-refractivity contribution in [3.05, 3.63) is 71.0 Å². The van der Waals surface area contributed by atoms with Gasteiger partial charge in [-0.3, -0.25) is 9.59 Å². The van der Waals surface area contributed by atoms with Crippen molar-refractivity contribution in [2.75, 3.05) is 6.54 Å². The van der Waals surface area contributed by atoms with E-state index in [4.69, 9.17) is 4.74 Å². The summed E-state index contributed by atoms with van der Waals surface area (Å²) in [5.74, 6) is -1.40. The lowest BCUT2D eigenvalue weighted by Crippen LogP contribution is -2.31. The predicted molar refractivity (Wildman–Crippen MR) is 101 cm³/mol. The zero-order valence-electron chi connectivity index (χ0n) is 15.2. The molecule has 0 aliphatic carbocycles. The van der Waals surface area contributed by atoms with Crippen LogP contribution in [0, 0.1) is 13.8 Å². The van der Waals surface area contributed by atoms with Crippen LogP contribution < -0.4 is 5.32 Å². The van der Waals surface area contributed by atoms with E-state index in [0.717, 1.165) is 16.5 Å². The van der Waals surface area contributed by atoms with Crippen LogP contribution in [0.15, 0.2) is 48.5 Å². The Kier molecular flexibility index (Phi) is 5.35. The van der Waals surface area contributed by atoms with Crippen LogP contribution in [-0.4, -0.2) is 28.5 Å². The monoisotopic (exact) mass is 364 g/mol. The van der Waals surface area contributed by atoms with Crippen LogP contribution in [0.4, 0.5) is 0 Å². The molecule has 3 aromatic rings. The van der Waals surface area contributed by atoms with Crippen LogP contribution in [-0.2, 0) is 16.1 Å². The van der Waals surface area contributed by atoms with Crippen molar-refractivity contribution >= 4 is 22.6 Å². The van der Waals surface area contributed by atoms with E-state index in [1.54, 1.807) is 13.0 Å². The molecule has 2 aromatic carbocycles. The molecule has 0 unspecified atom stereocenters. The average Bonchev–Trinajstić information content (AvgIpc) is 2.68. The minimum Gasteiger partial charge on any atom is -0.505 e. The highest BCUT2D eigenvalue weighted by molar-refractivity contribution is 6.03. The third kappa shape index (κ3) is 4.23. The Hall–Kier alpha value is -3.41. The predicted octanol–water partition coefficient (Wildman–Crippen LogP) is 3.03. The number of amides is 1. The van der Waals surface area contributed by atoms with E-state index < -0.39 is 11.9 Å². The van der Waals surface area contributed by atoms with E-state index in [1.165, 1.54) is 0 Å².